The van der Waals surface area contributed by atoms with E-state index in [0.29, 0.717) is 10.2 Å². The third-order valence-electron chi connectivity index (χ3n) is 11.1. The molecule has 1 aliphatic heterocycles. The van der Waals surface area contributed by atoms with E-state index in [-0.39, 0.29) is 5.41 Å². The molecule has 5 fully saturated rings. The second-order valence-corrected chi connectivity index (χ2v) is 13.8. The van der Waals surface area contributed by atoms with Crippen molar-refractivity contribution in [2.45, 2.75) is 94.2 Å². The molecule has 0 amide bonds. The summed E-state index contributed by atoms with van der Waals surface area (Å²) in [7, 11) is 0. The van der Waals surface area contributed by atoms with Crippen molar-refractivity contribution in [3.8, 4) is 0 Å². The van der Waals surface area contributed by atoms with E-state index in [1.165, 1.54) is 51.4 Å². The molecule has 5 aliphatic rings. The quantitative estimate of drug-likeness (QED) is 0.563. The maximum Gasteiger partial charge on any atom is 0.0675 e. The van der Waals surface area contributed by atoms with E-state index in [9.17, 15) is 5.11 Å². The largest absolute Gasteiger partial charge is 0.390 e. The summed E-state index contributed by atoms with van der Waals surface area (Å²) in [4.78, 5) is 0. The maximum atomic E-state index is 11.2. The number of thioether (sulfide) groups is 1. The van der Waals surface area contributed by atoms with E-state index >= 15 is 0 Å². The van der Waals surface area contributed by atoms with Crippen molar-refractivity contribution in [2.75, 3.05) is 0 Å². The van der Waals surface area contributed by atoms with E-state index in [1.54, 1.807) is 5.56 Å². The van der Waals surface area contributed by atoms with Crippen LogP contribution < -0.4 is 0 Å². The van der Waals surface area contributed by atoms with Gasteiger partial charge >= 0.3 is 0 Å². The summed E-state index contributed by atoms with van der Waals surface area (Å²) in [6.07, 6.45) is 12.0. The lowest BCUT2D eigenvalue weighted by Gasteiger charge is -2.61. The van der Waals surface area contributed by atoms with Crippen LogP contribution in [0.4, 0.5) is 0 Å². The fourth-order valence-electron chi connectivity index (χ4n) is 9.07. The zero-order chi connectivity index (χ0) is 20.1. The van der Waals surface area contributed by atoms with Crippen LogP contribution in [0.3, 0.4) is 0 Å². The molecule has 1 saturated heterocycles. The molecule has 2 heteroatoms. The molecular formula is C27H38OS. The van der Waals surface area contributed by atoms with Crippen LogP contribution in [-0.2, 0) is 6.42 Å². The highest BCUT2D eigenvalue weighted by atomic mass is 32.2. The molecule has 1 nitrogen and oxygen atoms in total. The van der Waals surface area contributed by atoms with Crippen LogP contribution in [0.2, 0.25) is 0 Å². The highest BCUT2D eigenvalue weighted by Gasteiger charge is 2.68. The first-order valence-electron chi connectivity index (χ1n) is 12.2. The summed E-state index contributed by atoms with van der Waals surface area (Å²) < 4.78 is 0.554. The fraction of sp³-hybridized carbons (Fsp3) is 0.778. The lowest BCUT2D eigenvalue weighted by molar-refractivity contribution is -0.145. The molecule has 1 aromatic rings. The summed E-state index contributed by atoms with van der Waals surface area (Å²) in [5.74, 6) is 3.46. The number of aliphatic hydroxyl groups is 1. The minimum absolute atomic E-state index is 0.164. The van der Waals surface area contributed by atoms with Crippen molar-refractivity contribution in [2.24, 2.45) is 34.5 Å². The normalized spacial score (nSPS) is 55.4. The summed E-state index contributed by atoms with van der Waals surface area (Å²) in [6.45, 7) is 7.26. The van der Waals surface area contributed by atoms with Crippen LogP contribution in [0, 0.1) is 34.5 Å². The fourth-order valence-corrected chi connectivity index (χ4v) is 10.8. The van der Waals surface area contributed by atoms with E-state index < -0.39 is 5.60 Å². The molecule has 4 unspecified atom stereocenters. The third kappa shape index (κ3) is 2.57. The van der Waals surface area contributed by atoms with Gasteiger partial charge in [-0.3, -0.25) is 0 Å². The first-order valence-corrected chi connectivity index (χ1v) is 13.1. The zero-order valence-electron chi connectivity index (χ0n) is 18.5. The average Bonchev–Trinajstić information content (AvgIpc) is 3.29. The van der Waals surface area contributed by atoms with E-state index in [1.807, 2.05) is 0 Å². The molecule has 158 valence electrons. The second kappa shape index (κ2) is 6.06. The Bertz CT molecular complexity index is 804. The second-order valence-electron chi connectivity index (χ2n) is 12.2. The number of hydrogen-bond acceptors (Lipinski definition) is 2. The lowest BCUT2D eigenvalue weighted by Crippen LogP contribution is -2.56. The first kappa shape index (κ1) is 19.2. The van der Waals surface area contributed by atoms with Crippen LogP contribution in [0.5, 0.6) is 0 Å². The van der Waals surface area contributed by atoms with Gasteiger partial charge in [-0.25, -0.2) is 0 Å². The number of hydrogen-bond donors (Lipinski definition) is 1. The molecule has 0 bridgehead atoms. The lowest BCUT2D eigenvalue weighted by atomic mass is 9.44. The van der Waals surface area contributed by atoms with Gasteiger partial charge < -0.3 is 5.11 Å². The Balaban J connectivity index is 1.24. The zero-order valence-corrected chi connectivity index (χ0v) is 19.3. The Morgan fingerprint density at radius 1 is 0.931 bits per heavy atom. The Labute approximate surface area is 181 Å². The third-order valence-corrected chi connectivity index (χ3v) is 12.8. The van der Waals surface area contributed by atoms with E-state index in [0.717, 1.165) is 35.3 Å². The Kier molecular flexibility index (Phi) is 4.02. The molecule has 1 aromatic carbocycles. The van der Waals surface area contributed by atoms with Crippen molar-refractivity contribution in [3.63, 3.8) is 0 Å². The minimum Gasteiger partial charge on any atom is -0.390 e. The standard InChI is InChI=1S/C27H38OS/c1-24-17-23-27(29-23,15-18-7-5-4-6-8-18)16-19(24)9-10-20-21(24)11-13-25(2)22(20)12-14-26(25,3)28/h4-8,19-23,28H,9-17H2,1-3H3/t19?,20-,21-,22+,23?,24+,25+,26?,27?/m1/s1. The number of rotatable bonds is 2. The smallest absolute Gasteiger partial charge is 0.0675 e. The highest BCUT2D eigenvalue weighted by Crippen LogP contribution is 2.74. The Morgan fingerprint density at radius 3 is 2.48 bits per heavy atom. The van der Waals surface area contributed by atoms with Gasteiger partial charge in [-0.1, -0.05) is 44.2 Å². The summed E-state index contributed by atoms with van der Waals surface area (Å²) in [5, 5.41) is 12.0. The van der Waals surface area contributed by atoms with E-state index in [4.69, 9.17) is 0 Å². The minimum atomic E-state index is -0.440. The monoisotopic (exact) mass is 410 g/mol. The first-order chi connectivity index (χ1) is 13.8. The van der Waals surface area contributed by atoms with Gasteiger partial charge in [-0.2, -0.15) is 0 Å². The highest BCUT2D eigenvalue weighted by molar-refractivity contribution is 8.08. The van der Waals surface area contributed by atoms with Crippen molar-refractivity contribution in [1.29, 1.82) is 0 Å². The molecule has 9 atom stereocenters. The summed E-state index contributed by atoms with van der Waals surface area (Å²) in [6, 6.07) is 11.2. The van der Waals surface area contributed by atoms with E-state index in [2.05, 4.69) is 62.9 Å². The summed E-state index contributed by atoms with van der Waals surface area (Å²) in [5.41, 5.74) is 1.82. The average molecular weight is 411 g/mol. The number of benzene rings is 1. The molecule has 29 heavy (non-hydrogen) atoms. The molecular weight excluding hydrogens is 372 g/mol. The SMILES string of the molecule is CC1(O)CC[C@H]2[C@@H]3CCC4CC5(Cc6ccccc6)SC5C[C@]4(C)[C@@H]3CC[C@@]21C. The molecule has 0 spiro atoms. The van der Waals surface area contributed by atoms with Gasteiger partial charge in [-0.15, -0.1) is 11.8 Å². The molecule has 0 radical (unpaired) electrons. The van der Waals surface area contributed by atoms with Crippen LogP contribution in [0.25, 0.3) is 0 Å². The van der Waals surface area contributed by atoms with Gasteiger partial charge in [0.25, 0.3) is 0 Å². The Morgan fingerprint density at radius 2 is 1.69 bits per heavy atom. The van der Waals surface area contributed by atoms with Crippen molar-refractivity contribution in [1.82, 2.24) is 0 Å². The van der Waals surface area contributed by atoms with Crippen molar-refractivity contribution >= 4 is 11.8 Å². The van der Waals surface area contributed by atoms with Gasteiger partial charge in [-0.05, 0) is 105 Å². The van der Waals surface area contributed by atoms with Crippen LogP contribution in [-0.4, -0.2) is 20.7 Å². The topological polar surface area (TPSA) is 20.2 Å². The predicted octanol–water partition coefficient (Wildman–Crippen LogP) is 6.49. The molecule has 1 N–H and O–H groups in total. The van der Waals surface area contributed by atoms with Crippen LogP contribution >= 0.6 is 11.8 Å². The van der Waals surface area contributed by atoms with Crippen molar-refractivity contribution in [3.05, 3.63) is 35.9 Å². The number of fused-ring (bicyclic) bond motifs is 6. The molecule has 4 aliphatic carbocycles. The molecule has 4 saturated carbocycles. The summed E-state index contributed by atoms with van der Waals surface area (Å²) >= 11 is 2.32. The van der Waals surface area contributed by atoms with Crippen molar-refractivity contribution < 1.29 is 5.11 Å². The maximum absolute atomic E-state index is 11.2. The van der Waals surface area contributed by atoms with Crippen LogP contribution in [0.1, 0.15) is 77.7 Å². The van der Waals surface area contributed by atoms with Crippen LogP contribution in [0.15, 0.2) is 30.3 Å². The van der Waals surface area contributed by atoms with Gasteiger partial charge in [0.15, 0.2) is 0 Å². The van der Waals surface area contributed by atoms with Gasteiger partial charge in [0.1, 0.15) is 0 Å². The molecule has 0 aromatic heterocycles. The Hall–Kier alpha value is -0.470. The van der Waals surface area contributed by atoms with Gasteiger partial charge in [0.05, 0.1) is 5.60 Å². The molecule has 1 heterocycles. The van der Waals surface area contributed by atoms with Gasteiger partial charge in [0.2, 0.25) is 0 Å². The van der Waals surface area contributed by atoms with Gasteiger partial charge in [0, 0.05) is 10.00 Å². The predicted molar refractivity (Wildman–Crippen MR) is 122 cm³/mol. The molecule has 6 rings (SSSR count).